The van der Waals surface area contributed by atoms with E-state index in [9.17, 15) is 9.18 Å². The molecular weight excluding hydrogens is 253 g/mol. The maximum Gasteiger partial charge on any atom is 0.248 e. The van der Waals surface area contributed by atoms with E-state index < -0.39 is 0 Å². The van der Waals surface area contributed by atoms with Gasteiger partial charge >= 0.3 is 0 Å². The molecule has 0 fully saturated rings. The zero-order valence-electron chi connectivity index (χ0n) is 11.5. The van der Waals surface area contributed by atoms with Gasteiger partial charge in [-0.3, -0.25) is 4.79 Å². The molecular formula is C17H16FNO. The Bertz CT molecular complexity index is 662. The predicted octanol–water partition coefficient (Wildman–Crippen LogP) is 4.09. The maximum absolute atomic E-state index is 13.1. The van der Waals surface area contributed by atoms with E-state index in [1.165, 1.54) is 18.2 Å². The van der Waals surface area contributed by atoms with Gasteiger partial charge in [-0.2, -0.15) is 0 Å². The zero-order chi connectivity index (χ0) is 14.5. The number of halogens is 1. The molecule has 1 amide bonds. The summed E-state index contributed by atoms with van der Waals surface area (Å²) in [6.45, 7) is 3.81. The molecule has 0 atom stereocenters. The fourth-order valence-corrected chi connectivity index (χ4v) is 1.85. The summed E-state index contributed by atoms with van der Waals surface area (Å²) in [5, 5.41) is 2.67. The van der Waals surface area contributed by atoms with Gasteiger partial charge in [-0.1, -0.05) is 35.9 Å². The normalized spacial score (nSPS) is 10.8. The van der Waals surface area contributed by atoms with Crippen molar-refractivity contribution in [2.75, 3.05) is 5.32 Å². The fourth-order valence-electron chi connectivity index (χ4n) is 1.85. The molecule has 2 aromatic rings. The summed E-state index contributed by atoms with van der Waals surface area (Å²) in [6.07, 6.45) is 3.18. The van der Waals surface area contributed by atoms with Crippen LogP contribution in [0.4, 0.5) is 10.1 Å². The van der Waals surface area contributed by atoms with Crippen molar-refractivity contribution in [3.05, 3.63) is 71.0 Å². The lowest BCUT2D eigenvalue weighted by molar-refractivity contribution is -0.111. The monoisotopic (exact) mass is 269 g/mol. The largest absolute Gasteiger partial charge is 0.322 e. The lowest BCUT2D eigenvalue weighted by Crippen LogP contribution is -2.09. The van der Waals surface area contributed by atoms with E-state index >= 15 is 0 Å². The van der Waals surface area contributed by atoms with Gasteiger partial charge in [0, 0.05) is 11.8 Å². The van der Waals surface area contributed by atoms with E-state index in [0.717, 1.165) is 16.7 Å². The van der Waals surface area contributed by atoms with Gasteiger partial charge < -0.3 is 5.32 Å². The van der Waals surface area contributed by atoms with Crippen molar-refractivity contribution in [2.24, 2.45) is 0 Å². The van der Waals surface area contributed by atoms with Crippen LogP contribution in [0.15, 0.2) is 48.5 Å². The third-order valence-corrected chi connectivity index (χ3v) is 2.93. The Morgan fingerprint density at radius 1 is 1.15 bits per heavy atom. The molecule has 0 saturated heterocycles. The highest BCUT2D eigenvalue weighted by Gasteiger charge is 2.03. The molecule has 20 heavy (non-hydrogen) atoms. The van der Waals surface area contributed by atoms with Crippen LogP contribution < -0.4 is 5.32 Å². The quantitative estimate of drug-likeness (QED) is 0.835. The molecule has 0 aliphatic rings. The van der Waals surface area contributed by atoms with Gasteiger partial charge in [0.25, 0.3) is 0 Å². The van der Waals surface area contributed by atoms with Gasteiger partial charge in [-0.05, 0) is 43.2 Å². The summed E-state index contributed by atoms with van der Waals surface area (Å²) in [5.41, 5.74) is 3.40. The van der Waals surface area contributed by atoms with Crippen LogP contribution in [0.2, 0.25) is 0 Å². The van der Waals surface area contributed by atoms with Crippen molar-refractivity contribution in [3.63, 3.8) is 0 Å². The number of amides is 1. The van der Waals surface area contributed by atoms with E-state index in [2.05, 4.69) is 5.32 Å². The first-order chi connectivity index (χ1) is 9.54. The van der Waals surface area contributed by atoms with Crippen LogP contribution >= 0.6 is 0 Å². The van der Waals surface area contributed by atoms with E-state index in [1.807, 2.05) is 38.1 Å². The number of hydrogen-bond acceptors (Lipinski definition) is 1. The van der Waals surface area contributed by atoms with Crippen LogP contribution in [0.5, 0.6) is 0 Å². The van der Waals surface area contributed by atoms with Gasteiger partial charge in [0.15, 0.2) is 0 Å². The van der Waals surface area contributed by atoms with Gasteiger partial charge in [-0.25, -0.2) is 4.39 Å². The lowest BCUT2D eigenvalue weighted by Gasteiger charge is -2.06. The molecule has 0 radical (unpaired) electrons. The summed E-state index contributed by atoms with van der Waals surface area (Å²) in [5.74, 6) is -0.645. The van der Waals surface area contributed by atoms with Crippen LogP contribution in [-0.4, -0.2) is 5.91 Å². The first-order valence-electron chi connectivity index (χ1n) is 6.36. The van der Waals surface area contributed by atoms with Crippen molar-refractivity contribution in [2.45, 2.75) is 13.8 Å². The van der Waals surface area contributed by atoms with Crippen molar-refractivity contribution in [1.29, 1.82) is 0 Å². The number of aryl methyl sites for hydroxylation is 2. The molecule has 0 unspecified atom stereocenters. The SMILES string of the molecule is Cc1cccc(C=CC(=O)Nc2cc(F)ccc2C)c1. The number of carbonyl (C=O) groups is 1. The molecule has 0 bridgehead atoms. The Kier molecular flexibility index (Phi) is 4.31. The minimum atomic E-state index is -0.367. The molecule has 2 nitrogen and oxygen atoms in total. The third kappa shape index (κ3) is 3.79. The summed E-state index contributed by atoms with van der Waals surface area (Å²) in [4.78, 5) is 11.8. The molecule has 102 valence electrons. The van der Waals surface area contributed by atoms with Crippen molar-refractivity contribution >= 4 is 17.7 Å². The number of benzene rings is 2. The van der Waals surface area contributed by atoms with Crippen LogP contribution in [0.25, 0.3) is 6.08 Å². The van der Waals surface area contributed by atoms with Crippen molar-refractivity contribution in [1.82, 2.24) is 0 Å². The smallest absolute Gasteiger partial charge is 0.248 e. The molecule has 0 aromatic heterocycles. The predicted molar refractivity (Wildman–Crippen MR) is 80.0 cm³/mol. The molecule has 2 rings (SSSR count). The molecule has 0 saturated carbocycles. The first kappa shape index (κ1) is 14.0. The molecule has 0 spiro atoms. The average Bonchev–Trinajstić information content (AvgIpc) is 2.41. The average molecular weight is 269 g/mol. The van der Waals surface area contributed by atoms with E-state index in [4.69, 9.17) is 0 Å². The minimum Gasteiger partial charge on any atom is -0.322 e. The van der Waals surface area contributed by atoms with Crippen LogP contribution in [-0.2, 0) is 4.79 Å². The standard InChI is InChI=1S/C17H16FNO/c1-12-4-3-5-14(10-12)7-9-17(20)19-16-11-15(18)8-6-13(16)2/h3-11H,1-2H3,(H,19,20). The van der Waals surface area contributed by atoms with E-state index in [-0.39, 0.29) is 11.7 Å². The fraction of sp³-hybridized carbons (Fsp3) is 0.118. The number of nitrogens with one attached hydrogen (secondary N) is 1. The van der Waals surface area contributed by atoms with Crippen LogP contribution in [0.3, 0.4) is 0 Å². The highest BCUT2D eigenvalue weighted by Crippen LogP contribution is 2.16. The maximum atomic E-state index is 13.1. The zero-order valence-corrected chi connectivity index (χ0v) is 11.5. The number of hydrogen-bond donors (Lipinski definition) is 1. The second kappa shape index (κ2) is 6.15. The third-order valence-electron chi connectivity index (χ3n) is 2.93. The van der Waals surface area contributed by atoms with Crippen molar-refractivity contribution in [3.8, 4) is 0 Å². The van der Waals surface area contributed by atoms with Gasteiger partial charge in [-0.15, -0.1) is 0 Å². The Morgan fingerprint density at radius 3 is 2.70 bits per heavy atom. The Hall–Kier alpha value is -2.42. The van der Waals surface area contributed by atoms with Crippen LogP contribution in [0.1, 0.15) is 16.7 Å². The summed E-state index contributed by atoms with van der Waals surface area (Å²) in [6, 6.07) is 12.1. The second-order valence-electron chi connectivity index (χ2n) is 4.70. The summed E-state index contributed by atoms with van der Waals surface area (Å²) < 4.78 is 13.1. The number of rotatable bonds is 3. The topological polar surface area (TPSA) is 29.1 Å². The van der Waals surface area contributed by atoms with E-state index in [0.29, 0.717) is 5.69 Å². The Balaban J connectivity index is 2.07. The van der Waals surface area contributed by atoms with Gasteiger partial charge in [0.05, 0.1) is 0 Å². The summed E-state index contributed by atoms with van der Waals surface area (Å²) >= 11 is 0. The highest BCUT2D eigenvalue weighted by molar-refractivity contribution is 6.02. The van der Waals surface area contributed by atoms with Gasteiger partial charge in [0.1, 0.15) is 5.82 Å². The molecule has 0 aliphatic carbocycles. The number of anilines is 1. The van der Waals surface area contributed by atoms with E-state index in [1.54, 1.807) is 12.1 Å². The first-order valence-corrected chi connectivity index (χ1v) is 6.36. The molecule has 3 heteroatoms. The lowest BCUT2D eigenvalue weighted by atomic mass is 10.1. The molecule has 1 N–H and O–H groups in total. The molecule has 0 heterocycles. The molecule has 0 aliphatic heterocycles. The summed E-state index contributed by atoms with van der Waals surface area (Å²) in [7, 11) is 0. The Morgan fingerprint density at radius 2 is 1.95 bits per heavy atom. The van der Waals surface area contributed by atoms with Gasteiger partial charge in [0.2, 0.25) is 5.91 Å². The van der Waals surface area contributed by atoms with Crippen molar-refractivity contribution < 1.29 is 9.18 Å². The molecule has 2 aromatic carbocycles. The van der Waals surface area contributed by atoms with Crippen LogP contribution in [0, 0.1) is 19.7 Å². The second-order valence-corrected chi connectivity index (χ2v) is 4.70. The highest BCUT2D eigenvalue weighted by atomic mass is 19.1. The minimum absolute atomic E-state index is 0.278. The number of carbonyl (C=O) groups excluding carboxylic acids is 1. The Labute approximate surface area is 118 Å².